The Morgan fingerprint density at radius 1 is 0.927 bits per heavy atom. The van der Waals surface area contributed by atoms with Crippen molar-refractivity contribution in [2.24, 2.45) is 0 Å². The lowest BCUT2D eigenvalue weighted by Crippen LogP contribution is -2.28. The summed E-state index contributed by atoms with van der Waals surface area (Å²) in [6, 6.07) is 5.88. The molecule has 1 aromatic carbocycles. The molecule has 0 amide bonds. The molecule has 222 valence electrons. The fraction of sp³-hybridized carbons (Fsp3) is 0.500. The molecule has 0 unspecified atom stereocenters. The van der Waals surface area contributed by atoms with Crippen molar-refractivity contribution in [3.05, 3.63) is 40.9 Å². The molecule has 0 atom stereocenters. The van der Waals surface area contributed by atoms with E-state index in [2.05, 4.69) is 45.1 Å². The predicted molar refractivity (Wildman–Crippen MR) is 168 cm³/mol. The second-order valence-electron chi connectivity index (χ2n) is 9.99. The van der Waals surface area contributed by atoms with Crippen molar-refractivity contribution in [3.8, 4) is 22.9 Å². The highest BCUT2D eigenvalue weighted by molar-refractivity contribution is 7.18. The fourth-order valence-corrected chi connectivity index (χ4v) is 6.11. The summed E-state index contributed by atoms with van der Waals surface area (Å²) < 4.78 is 18.2. The van der Waals surface area contributed by atoms with E-state index in [1.165, 1.54) is 49.8 Å². The topological polar surface area (TPSA) is 86.6 Å². The maximum Gasteiger partial charge on any atom is 0.225 e. The van der Waals surface area contributed by atoms with Crippen molar-refractivity contribution < 1.29 is 14.2 Å². The number of nitrogens with one attached hydrogen (secondary N) is 1. The zero-order valence-electron chi connectivity index (χ0n) is 24.7. The quantitative estimate of drug-likeness (QED) is 0.137. The molecule has 4 heterocycles. The van der Waals surface area contributed by atoms with Gasteiger partial charge in [0.2, 0.25) is 11.0 Å². The molecule has 0 spiro atoms. The van der Waals surface area contributed by atoms with E-state index in [4.69, 9.17) is 25.8 Å². The number of fused-ring (bicyclic) bond motifs is 1. The number of thiophene rings is 1. The lowest BCUT2D eigenvalue weighted by Gasteiger charge is -2.25. The highest BCUT2D eigenvalue weighted by atomic mass is 35.5. The van der Waals surface area contributed by atoms with E-state index in [1.54, 1.807) is 39.0 Å². The number of ether oxygens (including phenoxy) is 3. The molecule has 9 nitrogen and oxygen atoms in total. The highest BCUT2D eigenvalue weighted by Crippen LogP contribution is 2.39. The number of nitrogens with zero attached hydrogens (tertiary/aromatic N) is 5. The second kappa shape index (κ2) is 15.2. The van der Waals surface area contributed by atoms with Crippen LogP contribution in [0.1, 0.15) is 63.7 Å². The lowest BCUT2D eigenvalue weighted by molar-refractivity contribution is 0.223. The van der Waals surface area contributed by atoms with Crippen molar-refractivity contribution in [2.75, 3.05) is 39.7 Å². The Hall–Kier alpha value is -3.08. The number of aromatic nitrogens is 4. The number of anilines is 2. The van der Waals surface area contributed by atoms with Crippen LogP contribution in [0.4, 0.5) is 11.6 Å². The Kier molecular flexibility index (Phi) is 11.5. The maximum absolute atomic E-state index is 6.26. The van der Waals surface area contributed by atoms with E-state index in [9.17, 15) is 0 Å². The largest absolute Gasteiger partial charge is 0.493 e. The zero-order valence-corrected chi connectivity index (χ0v) is 26.3. The van der Waals surface area contributed by atoms with Crippen molar-refractivity contribution in [1.82, 2.24) is 24.4 Å². The molecule has 1 N–H and O–H groups in total. The maximum atomic E-state index is 6.26. The summed E-state index contributed by atoms with van der Waals surface area (Å²) >= 11 is 7.92. The lowest BCUT2D eigenvalue weighted by atomic mass is 10.1. The first-order valence-electron chi connectivity index (χ1n) is 14.3. The second-order valence-corrected chi connectivity index (χ2v) is 11.4. The monoisotopic (exact) mass is 600 g/mol. The summed E-state index contributed by atoms with van der Waals surface area (Å²) in [5.74, 6) is 2.92. The molecule has 1 saturated heterocycles. The van der Waals surface area contributed by atoms with Crippen molar-refractivity contribution in [3.63, 3.8) is 0 Å². The third kappa shape index (κ3) is 8.02. The molecule has 3 aromatic heterocycles. The summed E-state index contributed by atoms with van der Waals surface area (Å²) in [5, 5.41) is 4.46. The number of piperidine rings is 1. The van der Waals surface area contributed by atoms with Gasteiger partial charge in [-0.2, -0.15) is 4.98 Å². The van der Waals surface area contributed by atoms with Gasteiger partial charge in [0, 0.05) is 23.6 Å². The molecule has 1 fully saturated rings. The first kappa shape index (κ1) is 30.9. The van der Waals surface area contributed by atoms with Gasteiger partial charge in [-0.1, -0.05) is 46.0 Å². The molecular weight excluding hydrogens is 560 g/mol. The van der Waals surface area contributed by atoms with Gasteiger partial charge in [-0.25, -0.2) is 9.97 Å². The molecule has 0 saturated carbocycles. The number of likely N-dealkylation sites (tertiary alicyclic amines) is 1. The third-order valence-electron chi connectivity index (χ3n) is 6.98. The minimum atomic E-state index is 0.204. The van der Waals surface area contributed by atoms with Gasteiger partial charge >= 0.3 is 0 Å². The molecule has 5 rings (SSSR count). The summed E-state index contributed by atoms with van der Waals surface area (Å²) in [6.07, 6.45) is 13.0. The van der Waals surface area contributed by atoms with Crippen LogP contribution < -0.4 is 19.5 Å². The Balaban J connectivity index is 0.000000585. The molecular formula is C30H41ClN6O3S. The van der Waals surface area contributed by atoms with E-state index in [0.717, 1.165) is 35.5 Å². The van der Waals surface area contributed by atoms with Crippen LogP contribution in [0.5, 0.6) is 17.2 Å². The number of benzene rings is 1. The van der Waals surface area contributed by atoms with Crippen LogP contribution in [0.15, 0.2) is 30.7 Å². The molecule has 0 bridgehead atoms. The first-order valence-corrected chi connectivity index (χ1v) is 15.5. The summed E-state index contributed by atoms with van der Waals surface area (Å²) in [6.45, 7) is 7.67. The Morgan fingerprint density at radius 2 is 1.61 bits per heavy atom. The molecule has 4 aromatic rings. The summed E-state index contributed by atoms with van der Waals surface area (Å²) in [5.41, 5.74) is 0.810. The Labute approximate surface area is 251 Å². The fourth-order valence-electron chi connectivity index (χ4n) is 4.82. The smallest absolute Gasteiger partial charge is 0.225 e. The van der Waals surface area contributed by atoms with Crippen LogP contribution in [-0.4, -0.2) is 58.8 Å². The molecule has 41 heavy (non-hydrogen) atoms. The third-order valence-corrected chi connectivity index (χ3v) is 8.16. The van der Waals surface area contributed by atoms with Crippen LogP contribution in [-0.2, 0) is 6.54 Å². The molecule has 0 aliphatic carbocycles. The number of hydrogen-bond donors (Lipinski definition) is 1. The van der Waals surface area contributed by atoms with Crippen LogP contribution in [0.3, 0.4) is 0 Å². The standard InChI is InChI=1S/C24H27ClN6O3S.C6H14/c1-32-18-9-15(10-19(33-2)21(18)34-3)31-13-20(26-14-31)27-22-17-11-16(12-30-7-5-4-6-8-30)35-23(17)29-24(25)28-22;1-3-5-6-4-2/h9-11,13-14H,4-8,12H2,1-3H3,(H,27,28,29);3-6H2,1-2H3. The average Bonchev–Trinajstić information content (AvgIpc) is 3.63. The Morgan fingerprint density at radius 3 is 2.22 bits per heavy atom. The molecule has 11 heteroatoms. The summed E-state index contributed by atoms with van der Waals surface area (Å²) in [7, 11) is 4.76. The minimum Gasteiger partial charge on any atom is -0.493 e. The van der Waals surface area contributed by atoms with Gasteiger partial charge in [0.15, 0.2) is 11.5 Å². The van der Waals surface area contributed by atoms with Gasteiger partial charge in [-0.15, -0.1) is 11.3 Å². The van der Waals surface area contributed by atoms with Crippen molar-refractivity contribution in [1.29, 1.82) is 0 Å². The van der Waals surface area contributed by atoms with E-state index in [0.29, 0.717) is 28.9 Å². The number of unbranched alkanes of at least 4 members (excludes halogenated alkanes) is 3. The molecule has 1 aliphatic heterocycles. The van der Waals surface area contributed by atoms with Crippen LogP contribution in [0, 0.1) is 0 Å². The highest BCUT2D eigenvalue weighted by Gasteiger charge is 2.17. The van der Waals surface area contributed by atoms with Crippen LogP contribution in [0.25, 0.3) is 15.9 Å². The van der Waals surface area contributed by atoms with Crippen LogP contribution >= 0.6 is 22.9 Å². The first-order chi connectivity index (χ1) is 20.0. The number of hydrogen-bond acceptors (Lipinski definition) is 9. The van der Waals surface area contributed by atoms with E-state index in [-0.39, 0.29) is 5.28 Å². The van der Waals surface area contributed by atoms with Crippen molar-refractivity contribution >= 4 is 44.8 Å². The number of halogens is 1. The van der Waals surface area contributed by atoms with Gasteiger partial charge in [0.25, 0.3) is 0 Å². The van der Waals surface area contributed by atoms with E-state index < -0.39 is 0 Å². The zero-order chi connectivity index (χ0) is 29.2. The number of imidazole rings is 1. The van der Waals surface area contributed by atoms with Gasteiger partial charge < -0.3 is 24.1 Å². The van der Waals surface area contributed by atoms with E-state index in [1.807, 2.05) is 22.9 Å². The van der Waals surface area contributed by atoms with Gasteiger partial charge in [-0.05, 0) is 43.6 Å². The molecule has 0 radical (unpaired) electrons. The van der Waals surface area contributed by atoms with Crippen LogP contribution in [0.2, 0.25) is 5.28 Å². The number of methoxy groups -OCH3 is 3. The molecule has 1 aliphatic rings. The predicted octanol–water partition coefficient (Wildman–Crippen LogP) is 7.87. The minimum absolute atomic E-state index is 0.204. The normalized spacial score (nSPS) is 13.5. The van der Waals surface area contributed by atoms with Crippen molar-refractivity contribution in [2.45, 2.75) is 65.3 Å². The average molecular weight is 601 g/mol. The SMILES string of the molecule is CCCCCC.COc1cc(-n2cnc(Nc3nc(Cl)nc4sc(CN5CCCCC5)cc34)c2)cc(OC)c1OC. The van der Waals surface area contributed by atoms with Gasteiger partial charge in [-0.3, -0.25) is 4.90 Å². The summed E-state index contributed by atoms with van der Waals surface area (Å²) in [4.78, 5) is 18.0. The number of rotatable bonds is 11. The van der Waals surface area contributed by atoms with Gasteiger partial charge in [0.1, 0.15) is 22.8 Å². The Bertz CT molecular complexity index is 1370. The van der Waals surface area contributed by atoms with E-state index >= 15 is 0 Å². The van der Waals surface area contributed by atoms with Gasteiger partial charge in [0.05, 0.1) is 38.6 Å².